The highest BCUT2D eigenvalue weighted by atomic mass is 31.2. The molecule has 1 aromatic carbocycles. The maximum Gasteiger partial charge on any atom is 0.319 e. The van der Waals surface area contributed by atoms with Crippen LogP contribution in [0.2, 0.25) is 0 Å². The summed E-state index contributed by atoms with van der Waals surface area (Å²) >= 11 is 0. The molecule has 240 valence electrons. The summed E-state index contributed by atoms with van der Waals surface area (Å²) in [7, 11) is -0.665. The predicted octanol–water partition coefficient (Wildman–Crippen LogP) is 7.97. The van der Waals surface area contributed by atoms with Gasteiger partial charge in [-0.1, -0.05) is 109 Å². The Balaban J connectivity index is 1.60. The molecule has 0 bridgehead atoms. The summed E-state index contributed by atoms with van der Waals surface area (Å²) in [6.45, 7) is 3.78. The summed E-state index contributed by atoms with van der Waals surface area (Å²) in [6.07, 6.45) is 19.9. The van der Waals surface area contributed by atoms with Crippen LogP contribution in [0.25, 0.3) is 0 Å². The third-order valence-electron chi connectivity index (χ3n) is 7.98. The molecule has 2 unspecified atom stereocenters. The summed E-state index contributed by atoms with van der Waals surface area (Å²) in [5, 5.41) is 0. The molecule has 0 fully saturated rings. The van der Waals surface area contributed by atoms with Gasteiger partial charge in [-0.25, -0.2) is 0 Å². The Morgan fingerprint density at radius 2 is 1.48 bits per heavy atom. The van der Waals surface area contributed by atoms with Gasteiger partial charge in [0.25, 0.3) is 0 Å². The number of rotatable bonds is 23. The second-order valence-electron chi connectivity index (χ2n) is 11.9. The van der Waals surface area contributed by atoms with Gasteiger partial charge in [0.15, 0.2) is 0 Å². The van der Waals surface area contributed by atoms with Crippen molar-refractivity contribution < 1.29 is 32.8 Å². The van der Waals surface area contributed by atoms with Gasteiger partial charge in [0, 0.05) is 25.5 Å². The number of aryl methyl sites for hydroxylation is 1. The van der Waals surface area contributed by atoms with Crippen LogP contribution in [0.3, 0.4) is 0 Å². The fourth-order valence-corrected chi connectivity index (χ4v) is 6.11. The number of para-hydroxylation sites is 1. The van der Waals surface area contributed by atoms with Crippen LogP contribution < -0.4 is 9.38 Å². The quantitative estimate of drug-likeness (QED) is 0.0408. The molecule has 0 spiro atoms. The zero-order valence-electron chi connectivity index (χ0n) is 26.7. The number of phosphoric ester groups is 1. The molecule has 0 aliphatic carbocycles. The lowest BCUT2D eigenvalue weighted by molar-refractivity contribution is -0.223. The summed E-state index contributed by atoms with van der Waals surface area (Å²) in [5.74, 6) is -0.521. The Labute approximate surface area is 255 Å². The first-order chi connectivity index (χ1) is 20.2. The van der Waals surface area contributed by atoms with Crippen LogP contribution in [0.15, 0.2) is 36.2 Å². The molecule has 0 amide bonds. The van der Waals surface area contributed by atoms with Crippen LogP contribution in [0.5, 0.6) is 0 Å². The fraction of sp³-hybridized carbons (Fsp3) is 0.727. The Morgan fingerprint density at radius 3 is 2.07 bits per heavy atom. The second kappa shape index (κ2) is 20.3. The molecule has 0 saturated carbocycles. The van der Waals surface area contributed by atoms with Crippen molar-refractivity contribution in [1.29, 1.82) is 0 Å². The number of esters is 1. The summed E-state index contributed by atoms with van der Waals surface area (Å²) in [6, 6.07) is 8.11. The largest absolute Gasteiger partial charge is 0.746 e. The minimum atomic E-state index is -4.66. The number of nitrogens with zero attached hydrogens (tertiary/aromatic N) is 1. The molecule has 42 heavy (non-hydrogen) atoms. The molecule has 0 radical (unpaired) electrons. The molecular formula is C33H56NO7P. The van der Waals surface area contributed by atoms with Crippen LogP contribution in [-0.4, -0.2) is 46.0 Å². The van der Waals surface area contributed by atoms with E-state index < -0.39 is 19.9 Å². The van der Waals surface area contributed by atoms with Crippen LogP contribution in [-0.2, 0) is 34.3 Å². The van der Waals surface area contributed by atoms with Crippen molar-refractivity contribution in [2.75, 3.05) is 33.9 Å². The van der Waals surface area contributed by atoms with Gasteiger partial charge in [-0.05, 0) is 18.9 Å². The fourth-order valence-electron chi connectivity index (χ4n) is 5.45. The van der Waals surface area contributed by atoms with Gasteiger partial charge in [-0.2, -0.15) is 0 Å². The number of benzene rings is 1. The van der Waals surface area contributed by atoms with Crippen LogP contribution in [0.1, 0.15) is 116 Å². The van der Waals surface area contributed by atoms with Gasteiger partial charge in [0.2, 0.25) is 0 Å². The van der Waals surface area contributed by atoms with E-state index in [0.717, 1.165) is 30.6 Å². The standard InChI is InChI=1S/C33H56NO7P/c1-5-6-7-8-9-10-11-12-13-14-15-16-17-20-25-38-27-32(41-29(2)35)28-40-42(36,37)39-26-31-24-23-30-21-18-19-22-33(30)34(31,3)4/h18-19,21-22,26,32H,5-17,20,23-25,27-28H2,1-4H3. The third kappa shape index (κ3) is 14.7. The monoisotopic (exact) mass is 609 g/mol. The van der Waals surface area contributed by atoms with E-state index in [2.05, 4.69) is 13.0 Å². The van der Waals surface area contributed by atoms with E-state index in [1.807, 2.05) is 32.3 Å². The van der Waals surface area contributed by atoms with Gasteiger partial charge >= 0.3 is 13.8 Å². The Kier molecular flexibility index (Phi) is 17.6. The molecule has 0 aromatic heterocycles. The number of hydrogen-bond acceptors (Lipinski definition) is 7. The highest BCUT2D eigenvalue weighted by molar-refractivity contribution is 7.46. The first kappa shape index (κ1) is 36.5. The smallest absolute Gasteiger partial charge is 0.319 e. The van der Waals surface area contributed by atoms with E-state index in [0.29, 0.717) is 17.5 Å². The maximum atomic E-state index is 12.5. The van der Waals surface area contributed by atoms with Gasteiger partial charge in [0.05, 0.1) is 27.3 Å². The van der Waals surface area contributed by atoms with Crippen LogP contribution in [0, 0.1) is 0 Å². The van der Waals surface area contributed by atoms with E-state index in [1.54, 1.807) is 0 Å². The minimum absolute atomic E-state index is 0.0693. The average Bonchev–Trinajstić information content (AvgIpc) is 2.95. The van der Waals surface area contributed by atoms with Crippen LogP contribution >= 0.6 is 7.82 Å². The molecule has 2 atom stereocenters. The highest BCUT2D eigenvalue weighted by Crippen LogP contribution is 2.42. The number of quaternary nitrogens is 1. The van der Waals surface area contributed by atoms with Gasteiger partial charge < -0.3 is 23.4 Å². The lowest BCUT2D eigenvalue weighted by atomic mass is 9.98. The predicted molar refractivity (Wildman–Crippen MR) is 168 cm³/mol. The van der Waals surface area contributed by atoms with Crippen molar-refractivity contribution in [1.82, 2.24) is 4.48 Å². The lowest BCUT2D eigenvalue weighted by Crippen LogP contribution is -2.42. The zero-order valence-corrected chi connectivity index (χ0v) is 27.5. The number of unbranched alkanes of at least 4 members (excludes halogenated alkanes) is 13. The van der Waals surface area contributed by atoms with E-state index in [9.17, 15) is 14.3 Å². The zero-order chi connectivity index (χ0) is 30.7. The van der Waals surface area contributed by atoms with Crippen molar-refractivity contribution in [3.8, 4) is 0 Å². The molecule has 1 aromatic rings. The SMILES string of the molecule is CCCCCCCCCCCCCCCCOCC(COP(=O)([O-])OC=C1CCc2ccccc2[N+]1(C)C)OC(C)=O. The average molecular weight is 610 g/mol. The lowest BCUT2D eigenvalue weighted by Gasteiger charge is -2.36. The van der Waals surface area contributed by atoms with Gasteiger partial charge in [-0.3, -0.25) is 13.8 Å². The minimum Gasteiger partial charge on any atom is -0.746 e. The van der Waals surface area contributed by atoms with Crippen molar-refractivity contribution >= 4 is 19.5 Å². The summed E-state index contributed by atoms with van der Waals surface area (Å²) in [5.41, 5.74) is 3.16. The number of carbonyl (C=O) groups excluding carboxylic acids is 1. The Hall–Kier alpha value is -1.70. The van der Waals surface area contributed by atoms with Crippen molar-refractivity contribution in [2.24, 2.45) is 0 Å². The normalized spacial score (nSPS) is 17.4. The molecular weight excluding hydrogens is 553 g/mol. The molecule has 1 aliphatic heterocycles. The van der Waals surface area contributed by atoms with Crippen molar-refractivity contribution in [3.63, 3.8) is 0 Å². The summed E-state index contributed by atoms with van der Waals surface area (Å²) < 4.78 is 34.0. The number of hydrogen-bond donors (Lipinski definition) is 0. The number of allylic oxidation sites excluding steroid dienone is 1. The molecule has 9 heteroatoms. The number of phosphoric acid groups is 1. The topological polar surface area (TPSA) is 94.1 Å². The molecule has 0 saturated heterocycles. The molecule has 1 heterocycles. The first-order valence-electron chi connectivity index (χ1n) is 16.2. The van der Waals surface area contributed by atoms with Gasteiger partial charge in [-0.15, -0.1) is 0 Å². The van der Waals surface area contributed by atoms with E-state index >= 15 is 0 Å². The number of ether oxygens (including phenoxy) is 2. The highest BCUT2D eigenvalue weighted by Gasteiger charge is 2.33. The summed E-state index contributed by atoms with van der Waals surface area (Å²) in [4.78, 5) is 24.0. The van der Waals surface area contributed by atoms with Crippen molar-refractivity contribution in [2.45, 2.75) is 123 Å². The molecule has 0 N–H and O–H groups in total. The Bertz CT molecular complexity index is 981. The third-order valence-corrected chi connectivity index (χ3v) is 8.81. The van der Waals surface area contributed by atoms with Crippen LogP contribution in [0.4, 0.5) is 5.69 Å². The number of fused-ring (bicyclic) bond motifs is 1. The van der Waals surface area contributed by atoms with Crippen molar-refractivity contribution in [3.05, 3.63) is 41.8 Å². The second-order valence-corrected chi connectivity index (χ2v) is 13.3. The Morgan fingerprint density at radius 1 is 0.905 bits per heavy atom. The number of carbonyl (C=O) groups is 1. The molecule has 1 aliphatic rings. The van der Waals surface area contributed by atoms with E-state index in [-0.39, 0.29) is 13.2 Å². The molecule has 8 nitrogen and oxygen atoms in total. The maximum absolute atomic E-state index is 12.5. The van der Waals surface area contributed by atoms with Gasteiger partial charge in [0.1, 0.15) is 23.8 Å². The van der Waals surface area contributed by atoms with E-state index in [4.69, 9.17) is 18.5 Å². The first-order valence-corrected chi connectivity index (χ1v) is 17.6. The molecule has 2 rings (SSSR count). The van der Waals surface area contributed by atoms with E-state index in [1.165, 1.54) is 95.8 Å².